The van der Waals surface area contributed by atoms with Crippen LogP contribution >= 0.6 is 0 Å². The summed E-state index contributed by atoms with van der Waals surface area (Å²) < 4.78 is 0. The number of nitrogens with zero attached hydrogens (tertiary/aromatic N) is 1. The zero-order valence-corrected chi connectivity index (χ0v) is 11.5. The maximum atomic E-state index is 3.63. The van der Waals surface area contributed by atoms with Crippen molar-refractivity contribution in [2.75, 3.05) is 20.1 Å². The summed E-state index contributed by atoms with van der Waals surface area (Å²) in [5.41, 5.74) is 0. The fraction of sp³-hybridized carbons (Fsp3) is 1.00. The lowest BCUT2D eigenvalue weighted by molar-refractivity contribution is 0.143. The number of hydrogen-bond acceptors (Lipinski definition) is 2. The first-order valence-corrected chi connectivity index (χ1v) is 7.66. The lowest BCUT2D eigenvalue weighted by Gasteiger charge is -2.37. The second-order valence-corrected chi connectivity index (χ2v) is 6.91. The van der Waals surface area contributed by atoms with Crippen LogP contribution in [0.3, 0.4) is 0 Å². The molecule has 3 rings (SSSR count). The molecule has 2 nitrogen and oxygen atoms in total. The predicted molar refractivity (Wildman–Crippen MR) is 72.1 cm³/mol. The average Bonchev–Trinajstić information content (AvgIpc) is 2.91. The third kappa shape index (κ3) is 2.53. The van der Waals surface area contributed by atoms with Gasteiger partial charge < -0.3 is 10.2 Å². The van der Waals surface area contributed by atoms with E-state index in [-0.39, 0.29) is 0 Å². The average molecular weight is 236 g/mol. The summed E-state index contributed by atoms with van der Waals surface area (Å²) in [6, 6.07) is 1.53. The Morgan fingerprint density at radius 3 is 2.59 bits per heavy atom. The molecule has 0 aromatic heterocycles. The van der Waals surface area contributed by atoms with Gasteiger partial charge in [-0.05, 0) is 63.8 Å². The van der Waals surface area contributed by atoms with E-state index in [1.807, 2.05) is 0 Å². The van der Waals surface area contributed by atoms with Gasteiger partial charge in [0.1, 0.15) is 0 Å². The minimum Gasteiger partial charge on any atom is -0.313 e. The maximum absolute atomic E-state index is 3.63. The molecule has 1 N–H and O–H groups in total. The minimum absolute atomic E-state index is 0.738. The van der Waals surface area contributed by atoms with E-state index in [1.165, 1.54) is 45.2 Å². The molecule has 5 atom stereocenters. The van der Waals surface area contributed by atoms with Crippen molar-refractivity contribution in [1.29, 1.82) is 0 Å². The molecule has 0 aromatic rings. The quantitative estimate of drug-likeness (QED) is 0.810. The molecule has 0 aromatic carbocycles. The van der Waals surface area contributed by atoms with Crippen LogP contribution in [0.25, 0.3) is 0 Å². The number of piperidine rings is 1. The lowest BCUT2D eigenvalue weighted by atomic mass is 9.88. The Labute approximate surface area is 106 Å². The van der Waals surface area contributed by atoms with Crippen molar-refractivity contribution < 1.29 is 0 Å². The number of likely N-dealkylation sites (N-methyl/N-ethyl adjacent to an activating group) is 1. The first-order valence-electron chi connectivity index (χ1n) is 7.66. The topological polar surface area (TPSA) is 15.3 Å². The standard InChI is InChI=1S/C15H28N2/c1-11-3-6-15(9-16-11)17(2)10-14-8-12-4-5-13(14)7-12/h11-16H,3-10H2,1-2H3. The van der Waals surface area contributed by atoms with E-state index in [0.29, 0.717) is 0 Å². The molecule has 0 radical (unpaired) electrons. The largest absolute Gasteiger partial charge is 0.313 e. The molecule has 17 heavy (non-hydrogen) atoms. The monoisotopic (exact) mass is 236 g/mol. The molecule has 98 valence electrons. The molecule has 1 aliphatic heterocycles. The van der Waals surface area contributed by atoms with E-state index in [4.69, 9.17) is 0 Å². The highest BCUT2D eigenvalue weighted by Gasteiger charge is 2.40. The van der Waals surface area contributed by atoms with Crippen LogP contribution in [0.5, 0.6) is 0 Å². The van der Waals surface area contributed by atoms with Gasteiger partial charge in [-0.1, -0.05) is 6.42 Å². The van der Waals surface area contributed by atoms with Crippen molar-refractivity contribution in [2.24, 2.45) is 17.8 Å². The van der Waals surface area contributed by atoms with Crippen molar-refractivity contribution in [3.8, 4) is 0 Å². The fourth-order valence-corrected chi connectivity index (χ4v) is 4.48. The van der Waals surface area contributed by atoms with Crippen molar-refractivity contribution >= 4 is 0 Å². The molecule has 1 heterocycles. The number of rotatable bonds is 3. The van der Waals surface area contributed by atoms with Gasteiger partial charge in [0, 0.05) is 25.2 Å². The van der Waals surface area contributed by atoms with Gasteiger partial charge in [-0.15, -0.1) is 0 Å². The van der Waals surface area contributed by atoms with Gasteiger partial charge >= 0.3 is 0 Å². The Morgan fingerprint density at radius 1 is 1.12 bits per heavy atom. The van der Waals surface area contributed by atoms with Crippen LogP contribution in [-0.4, -0.2) is 37.1 Å². The highest BCUT2D eigenvalue weighted by Crippen LogP contribution is 2.48. The number of nitrogens with one attached hydrogen (secondary N) is 1. The van der Waals surface area contributed by atoms with Gasteiger partial charge in [-0.25, -0.2) is 0 Å². The Hall–Kier alpha value is -0.0800. The molecule has 1 saturated heterocycles. The zero-order chi connectivity index (χ0) is 11.8. The summed E-state index contributed by atoms with van der Waals surface area (Å²) in [6.45, 7) is 4.88. The Morgan fingerprint density at radius 2 is 2.00 bits per heavy atom. The summed E-state index contributed by atoms with van der Waals surface area (Å²) in [5.74, 6) is 3.21. The van der Waals surface area contributed by atoms with Crippen molar-refractivity contribution in [3.05, 3.63) is 0 Å². The smallest absolute Gasteiger partial charge is 0.0218 e. The molecule has 2 bridgehead atoms. The van der Waals surface area contributed by atoms with Crippen molar-refractivity contribution in [1.82, 2.24) is 10.2 Å². The van der Waals surface area contributed by atoms with Crippen LogP contribution in [0.4, 0.5) is 0 Å². The highest BCUT2D eigenvalue weighted by molar-refractivity contribution is 4.92. The van der Waals surface area contributed by atoms with Gasteiger partial charge in [0.15, 0.2) is 0 Å². The normalized spacial score (nSPS) is 45.7. The minimum atomic E-state index is 0.738. The van der Waals surface area contributed by atoms with E-state index in [2.05, 4.69) is 24.2 Å². The van der Waals surface area contributed by atoms with Crippen LogP contribution in [0.2, 0.25) is 0 Å². The first kappa shape index (κ1) is 12.0. The lowest BCUT2D eigenvalue weighted by Crippen LogP contribution is -2.48. The second-order valence-electron chi connectivity index (χ2n) is 6.91. The molecule has 3 fully saturated rings. The van der Waals surface area contributed by atoms with E-state index >= 15 is 0 Å². The number of fused-ring (bicyclic) bond motifs is 2. The summed E-state index contributed by atoms with van der Waals surface area (Å²) in [4.78, 5) is 2.66. The van der Waals surface area contributed by atoms with Crippen molar-refractivity contribution in [3.63, 3.8) is 0 Å². The Kier molecular flexibility index (Phi) is 3.45. The first-order chi connectivity index (χ1) is 8.22. The van der Waals surface area contributed by atoms with Crippen molar-refractivity contribution in [2.45, 2.75) is 57.5 Å². The summed E-state index contributed by atoms with van der Waals surface area (Å²) in [6.07, 6.45) is 8.90. The molecular formula is C15H28N2. The SMILES string of the molecule is CC1CCC(N(C)CC2CC3CCC2C3)CN1. The third-order valence-corrected chi connectivity index (χ3v) is 5.67. The van der Waals surface area contributed by atoms with E-state index in [9.17, 15) is 0 Å². The molecule has 0 spiro atoms. The van der Waals surface area contributed by atoms with Gasteiger partial charge in [0.2, 0.25) is 0 Å². The summed E-state index contributed by atoms with van der Waals surface area (Å²) >= 11 is 0. The van der Waals surface area contributed by atoms with Gasteiger partial charge in [0.25, 0.3) is 0 Å². The van der Waals surface area contributed by atoms with E-state index < -0.39 is 0 Å². The maximum Gasteiger partial charge on any atom is 0.0218 e. The van der Waals surface area contributed by atoms with E-state index in [1.54, 1.807) is 6.42 Å². The van der Waals surface area contributed by atoms with E-state index in [0.717, 1.165) is 29.8 Å². The summed E-state index contributed by atoms with van der Waals surface area (Å²) in [5, 5.41) is 3.63. The van der Waals surface area contributed by atoms with Gasteiger partial charge in [0.05, 0.1) is 0 Å². The molecule has 5 unspecified atom stereocenters. The van der Waals surface area contributed by atoms with Crippen LogP contribution in [0.1, 0.15) is 45.4 Å². The second kappa shape index (κ2) is 4.89. The molecule has 2 heteroatoms. The zero-order valence-electron chi connectivity index (χ0n) is 11.5. The molecule has 3 aliphatic rings. The molecular weight excluding hydrogens is 208 g/mol. The van der Waals surface area contributed by atoms with Crippen LogP contribution < -0.4 is 5.32 Å². The fourth-order valence-electron chi connectivity index (χ4n) is 4.48. The van der Waals surface area contributed by atoms with Crippen LogP contribution in [0, 0.1) is 17.8 Å². The number of hydrogen-bond donors (Lipinski definition) is 1. The summed E-state index contributed by atoms with van der Waals surface area (Å²) in [7, 11) is 2.36. The molecule has 2 saturated carbocycles. The highest BCUT2D eigenvalue weighted by atomic mass is 15.2. The Bertz CT molecular complexity index is 258. The van der Waals surface area contributed by atoms with Gasteiger partial charge in [-0.3, -0.25) is 0 Å². The van der Waals surface area contributed by atoms with Crippen LogP contribution in [-0.2, 0) is 0 Å². The predicted octanol–water partition coefficient (Wildman–Crippen LogP) is 2.49. The third-order valence-electron chi connectivity index (χ3n) is 5.67. The molecule has 0 amide bonds. The van der Waals surface area contributed by atoms with Crippen LogP contribution in [0.15, 0.2) is 0 Å². The Balaban J connectivity index is 1.48. The van der Waals surface area contributed by atoms with Gasteiger partial charge in [-0.2, -0.15) is 0 Å². The molecule has 2 aliphatic carbocycles.